The molecule has 1 unspecified atom stereocenters. The monoisotopic (exact) mass is 191 g/mol. The molecule has 2 N–H and O–H groups in total. The van der Waals surface area contributed by atoms with Gasteiger partial charge in [-0.3, -0.25) is 4.79 Å². The smallest absolute Gasteiger partial charge is 0.221 e. The van der Waals surface area contributed by atoms with Gasteiger partial charge in [-0.2, -0.15) is 0 Å². The number of anilines is 1. The van der Waals surface area contributed by atoms with Gasteiger partial charge in [-0.25, -0.2) is 0 Å². The van der Waals surface area contributed by atoms with Gasteiger partial charge in [0.2, 0.25) is 5.91 Å². The molecule has 1 amide bonds. The van der Waals surface area contributed by atoms with Gasteiger partial charge in [0, 0.05) is 12.6 Å². The Morgan fingerprint density at radius 1 is 1.50 bits per heavy atom. The van der Waals surface area contributed by atoms with Crippen LogP contribution in [0.15, 0.2) is 36.9 Å². The molecule has 74 valence electrons. The predicted octanol–water partition coefficient (Wildman–Crippen LogP) is 1.86. The number of amides is 1. The van der Waals surface area contributed by atoms with Crippen LogP contribution in [0, 0.1) is 0 Å². The first kappa shape index (κ1) is 10.5. The third-order valence-corrected chi connectivity index (χ3v) is 1.80. The molecule has 1 aromatic rings. The molecule has 3 heteroatoms. The fourth-order valence-corrected chi connectivity index (χ4v) is 1.10. The molecule has 0 spiro atoms. The molecule has 0 saturated heterocycles. The molecule has 1 aromatic carbocycles. The van der Waals surface area contributed by atoms with Gasteiger partial charge < -0.3 is 10.4 Å². The van der Waals surface area contributed by atoms with E-state index >= 15 is 0 Å². The van der Waals surface area contributed by atoms with E-state index in [0.717, 1.165) is 11.3 Å². The van der Waals surface area contributed by atoms with Crippen LogP contribution < -0.4 is 5.32 Å². The van der Waals surface area contributed by atoms with Crippen molar-refractivity contribution in [2.75, 3.05) is 5.32 Å². The zero-order valence-electron chi connectivity index (χ0n) is 8.03. The highest BCUT2D eigenvalue weighted by Gasteiger charge is 2.02. The van der Waals surface area contributed by atoms with E-state index in [-0.39, 0.29) is 5.91 Å². The number of aliphatic hydroxyl groups is 1. The molecular weight excluding hydrogens is 178 g/mol. The van der Waals surface area contributed by atoms with Crippen LogP contribution in [0.1, 0.15) is 18.6 Å². The molecule has 1 rings (SSSR count). The van der Waals surface area contributed by atoms with Crippen molar-refractivity contribution >= 4 is 11.6 Å². The van der Waals surface area contributed by atoms with E-state index in [9.17, 15) is 9.90 Å². The summed E-state index contributed by atoms with van der Waals surface area (Å²) in [4.78, 5) is 10.7. The van der Waals surface area contributed by atoms with E-state index in [4.69, 9.17) is 0 Å². The Morgan fingerprint density at radius 2 is 2.07 bits per heavy atom. The van der Waals surface area contributed by atoms with Crippen molar-refractivity contribution in [3.05, 3.63) is 42.5 Å². The van der Waals surface area contributed by atoms with E-state index in [2.05, 4.69) is 11.9 Å². The normalized spacial score (nSPS) is 11.9. The van der Waals surface area contributed by atoms with Gasteiger partial charge in [-0.1, -0.05) is 18.2 Å². The summed E-state index contributed by atoms with van der Waals surface area (Å²) in [5.41, 5.74) is 1.48. The lowest BCUT2D eigenvalue weighted by molar-refractivity contribution is -0.114. The van der Waals surface area contributed by atoms with Gasteiger partial charge in [0.15, 0.2) is 0 Å². The SMILES string of the molecule is C=CC(O)c1ccc(NC(C)=O)cc1. The minimum Gasteiger partial charge on any atom is -0.384 e. The Kier molecular flexibility index (Phi) is 3.42. The van der Waals surface area contributed by atoms with Crippen molar-refractivity contribution in [3.8, 4) is 0 Å². The van der Waals surface area contributed by atoms with E-state index in [1.807, 2.05) is 0 Å². The van der Waals surface area contributed by atoms with Crippen molar-refractivity contribution in [1.29, 1.82) is 0 Å². The van der Waals surface area contributed by atoms with Crippen LogP contribution >= 0.6 is 0 Å². The molecule has 0 aliphatic rings. The van der Waals surface area contributed by atoms with Gasteiger partial charge in [0.25, 0.3) is 0 Å². The van der Waals surface area contributed by atoms with Crippen molar-refractivity contribution in [2.45, 2.75) is 13.0 Å². The standard InChI is InChI=1S/C11H13NO2/c1-3-11(14)9-4-6-10(7-5-9)12-8(2)13/h3-7,11,14H,1H2,2H3,(H,12,13). The Hall–Kier alpha value is -1.61. The molecule has 0 bridgehead atoms. The summed E-state index contributed by atoms with van der Waals surface area (Å²) in [6.45, 7) is 4.94. The summed E-state index contributed by atoms with van der Waals surface area (Å²) in [6, 6.07) is 6.97. The Morgan fingerprint density at radius 3 is 2.50 bits per heavy atom. The summed E-state index contributed by atoms with van der Waals surface area (Å²) in [6.07, 6.45) is 0.800. The zero-order valence-corrected chi connectivity index (χ0v) is 8.03. The molecule has 1 atom stereocenters. The van der Waals surface area contributed by atoms with Crippen LogP contribution in [-0.4, -0.2) is 11.0 Å². The summed E-state index contributed by atoms with van der Waals surface area (Å²) >= 11 is 0. The first-order valence-corrected chi connectivity index (χ1v) is 4.31. The molecule has 0 aliphatic carbocycles. The minimum atomic E-state index is -0.652. The van der Waals surface area contributed by atoms with Crippen molar-refractivity contribution in [1.82, 2.24) is 0 Å². The number of carbonyl (C=O) groups excluding carboxylic acids is 1. The number of benzene rings is 1. The first-order valence-electron chi connectivity index (χ1n) is 4.31. The summed E-state index contributed by atoms with van der Waals surface area (Å²) in [5.74, 6) is -0.109. The Bertz CT molecular complexity index is 330. The van der Waals surface area contributed by atoms with Crippen LogP contribution in [0.3, 0.4) is 0 Å². The number of nitrogens with one attached hydrogen (secondary N) is 1. The Balaban J connectivity index is 2.78. The van der Waals surface area contributed by atoms with Gasteiger partial charge in [-0.05, 0) is 17.7 Å². The van der Waals surface area contributed by atoms with Crippen molar-refractivity contribution in [2.24, 2.45) is 0 Å². The first-order chi connectivity index (χ1) is 6.63. The predicted molar refractivity (Wildman–Crippen MR) is 55.9 cm³/mol. The average molecular weight is 191 g/mol. The highest BCUT2D eigenvalue weighted by Crippen LogP contribution is 2.16. The minimum absolute atomic E-state index is 0.109. The van der Waals surface area contributed by atoms with Gasteiger partial charge >= 0.3 is 0 Å². The molecule has 0 heterocycles. The van der Waals surface area contributed by atoms with E-state index in [0.29, 0.717) is 0 Å². The van der Waals surface area contributed by atoms with Gasteiger partial charge in [0.1, 0.15) is 0 Å². The maximum Gasteiger partial charge on any atom is 0.221 e. The van der Waals surface area contributed by atoms with Crippen LogP contribution in [-0.2, 0) is 4.79 Å². The summed E-state index contributed by atoms with van der Waals surface area (Å²) < 4.78 is 0. The van der Waals surface area contributed by atoms with Crippen molar-refractivity contribution < 1.29 is 9.90 Å². The van der Waals surface area contributed by atoms with Crippen LogP contribution in [0.25, 0.3) is 0 Å². The second-order valence-electron chi connectivity index (χ2n) is 2.98. The second kappa shape index (κ2) is 4.58. The topological polar surface area (TPSA) is 49.3 Å². The fourth-order valence-electron chi connectivity index (χ4n) is 1.10. The van der Waals surface area contributed by atoms with E-state index in [1.54, 1.807) is 24.3 Å². The Labute approximate surface area is 83.1 Å². The third kappa shape index (κ3) is 2.71. The number of hydrogen-bond donors (Lipinski definition) is 2. The summed E-state index contributed by atoms with van der Waals surface area (Å²) in [7, 11) is 0. The summed E-state index contributed by atoms with van der Waals surface area (Å²) in [5, 5.41) is 12.0. The molecule has 3 nitrogen and oxygen atoms in total. The van der Waals surface area contributed by atoms with E-state index < -0.39 is 6.10 Å². The quantitative estimate of drug-likeness (QED) is 0.716. The molecule has 14 heavy (non-hydrogen) atoms. The number of carbonyl (C=O) groups is 1. The molecule has 0 aliphatic heterocycles. The lowest BCUT2D eigenvalue weighted by Gasteiger charge is -2.06. The van der Waals surface area contributed by atoms with Crippen LogP contribution in [0.2, 0.25) is 0 Å². The van der Waals surface area contributed by atoms with Crippen molar-refractivity contribution in [3.63, 3.8) is 0 Å². The lowest BCUT2D eigenvalue weighted by Crippen LogP contribution is -2.05. The number of aliphatic hydroxyl groups excluding tert-OH is 1. The zero-order chi connectivity index (χ0) is 10.6. The van der Waals surface area contributed by atoms with Gasteiger partial charge in [-0.15, -0.1) is 6.58 Å². The highest BCUT2D eigenvalue weighted by atomic mass is 16.3. The lowest BCUT2D eigenvalue weighted by atomic mass is 10.1. The number of rotatable bonds is 3. The van der Waals surface area contributed by atoms with Crippen LogP contribution in [0.4, 0.5) is 5.69 Å². The molecule has 0 radical (unpaired) electrons. The van der Waals surface area contributed by atoms with E-state index in [1.165, 1.54) is 13.0 Å². The largest absolute Gasteiger partial charge is 0.384 e. The maximum absolute atomic E-state index is 10.7. The van der Waals surface area contributed by atoms with Gasteiger partial charge in [0.05, 0.1) is 6.10 Å². The second-order valence-corrected chi connectivity index (χ2v) is 2.98. The fraction of sp³-hybridized carbons (Fsp3) is 0.182. The molecule has 0 fully saturated rings. The number of hydrogen-bond acceptors (Lipinski definition) is 2. The molecule has 0 aromatic heterocycles. The molecular formula is C11H13NO2. The maximum atomic E-state index is 10.7. The third-order valence-electron chi connectivity index (χ3n) is 1.80. The van der Waals surface area contributed by atoms with Crippen LogP contribution in [0.5, 0.6) is 0 Å². The average Bonchev–Trinajstić information content (AvgIpc) is 2.17. The molecule has 0 saturated carbocycles. The highest BCUT2D eigenvalue weighted by molar-refractivity contribution is 5.88.